The van der Waals surface area contributed by atoms with E-state index in [0.717, 1.165) is 30.5 Å². The zero-order chi connectivity index (χ0) is 24.5. The van der Waals surface area contributed by atoms with Crippen LogP contribution in [0.3, 0.4) is 0 Å². The van der Waals surface area contributed by atoms with Crippen LogP contribution in [0.5, 0.6) is 0 Å². The summed E-state index contributed by atoms with van der Waals surface area (Å²) in [7, 11) is -3.85. The van der Waals surface area contributed by atoms with E-state index in [1.807, 2.05) is 19.1 Å². The molecule has 4 rings (SSSR count). The quantitative estimate of drug-likeness (QED) is 0.438. The van der Waals surface area contributed by atoms with Gasteiger partial charge in [0.2, 0.25) is 10.0 Å². The summed E-state index contributed by atoms with van der Waals surface area (Å²) in [6.07, 6.45) is 2.56. The minimum absolute atomic E-state index is 0.00607. The molecule has 180 valence electrons. The molecule has 2 heterocycles. The molecule has 7 nitrogen and oxygen atoms in total. The number of benzene rings is 2. The molecule has 3 aromatic rings. The number of piperidine rings is 1. The van der Waals surface area contributed by atoms with Gasteiger partial charge in [0.25, 0.3) is 5.91 Å². The molecule has 11 heteroatoms. The predicted molar refractivity (Wildman–Crippen MR) is 135 cm³/mol. The average Bonchev–Trinajstić information content (AvgIpc) is 3.14. The van der Waals surface area contributed by atoms with E-state index in [2.05, 4.69) is 10.4 Å². The van der Waals surface area contributed by atoms with Crippen molar-refractivity contribution < 1.29 is 13.2 Å². The Bertz CT molecular complexity index is 1320. The fourth-order valence-corrected chi connectivity index (χ4v) is 6.30. The number of halogens is 3. The maximum atomic E-state index is 13.1. The number of aryl methyl sites for hydroxylation is 1. The lowest BCUT2D eigenvalue weighted by molar-refractivity contribution is 0.102. The second kappa shape index (κ2) is 10.3. The van der Waals surface area contributed by atoms with Gasteiger partial charge in [-0.15, -0.1) is 0 Å². The summed E-state index contributed by atoms with van der Waals surface area (Å²) in [4.78, 5) is 12.9. The first-order valence-corrected chi connectivity index (χ1v) is 13.3. The molecule has 0 atom stereocenters. The van der Waals surface area contributed by atoms with Gasteiger partial charge in [0.05, 0.1) is 22.2 Å². The third kappa shape index (κ3) is 5.42. The topological polar surface area (TPSA) is 84.3 Å². The maximum absolute atomic E-state index is 13.1. The summed E-state index contributed by atoms with van der Waals surface area (Å²) in [6.45, 7) is 3.22. The predicted octanol–water partition coefficient (Wildman–Crippen LogP) is 5.63. The van der Waals surface area contributed by atoms with Crippen molar-refractivity contribution in [2.75, 3.05) is 18.4 Å². The standard InChI is InChI=1S/C23H23Cl3N4O3S/c1-15-11-22(28-30(15)14-16-5-7-17(24)8-6-16)27-23(31)18-12-21(20(26)13-19(18)25)34(32,33)29-9-3-2-4-10-29/h5-8,11-13H,2-4,9-10,14H2,1H3,(H,27,28,31). The summed E-state index contributed by atoms with van der Waals surface area (Å²) in [5, 5.41) is 7.83. The number of carbonyl (C=O) groups excluding carboxylic acids is 1. The zero-order valence-electron chi connectivity index (χ0n) is 18.4. The van der Waals surface area contributed by atoms with Gasteiger partial charge in [-0.2, -0.15) is 9.40 Å². The van der Waals surface area contributed by atoms with Crippen LogP contribution in [0.4, 0.5) is 5.82 Å². The second-order valence-electron chi connectivity index (χ2n) is 8.14. The molecule has 2 aromatic carbocycles. The molecule has 1 aliphatic heterocycles. The van der Waals surface area contributed by atoms with Crippen LogP contribution >= 0.6 is 34.8 Å². The summed E-state index contributed by atoms with van der Waals surface area (Å²) in [5.41, 5.74) is 1.84. The number of nitrogens with zero attached hydrogens (tertiary/aromatic N) is 3. The fourth-order valence-electron chi connectivity index (χ4n) is 3.82. The lowest BCUT2D eigenvalue weighted by atomic mass is 10.2. The second-order valence-corrected chi connectivity index (χ2v) is 11.3. The first kappa shape index (κ1) is 25.0. The molecule has 1 fully saturated rings. The normalized spacial score (nSPS) is 14.8. The van der Waals surface area contributed by atoms with Crippen molar-refractivity contribution in [1.82, 2.24) is 14.1 Å². The Hall–Kier alpha value is -2.10. The van der Waals surface area contributed by atoms with Crippen LogP contribution in [0.25, 0.3) is 0 Å². The third-order valence-electron chi connectivity index (χ3n) is 5.67. The van der Waals surface area contributed by atoms with Crippen molar-refractivity contribution in [3.8, 4) is 0 Å². The SMILES string of the molecule is Cc1cc(NC(=O)c2cc(S(=O)(=O)N3CCCCC3)c(Cl)cc2Cl)nn1Cc1ccc(Cl)cc1. The van der Waals surface area contributed by atoms with E-state index < -0.39 is 15.9 Å². The molecule has 1 saturated heterocycles. The van der Waals surface area contributed by atoms with Crippen LogP contribution in [0.2, 0.25) is 15.1 Å². The van der Waals surface area contributed by atoms with Crippen molar-refractivity contribution in [1.29, 1.82) is 0 Å². The van der Waals surface area contributed by atoms with E-state index in [1.165, 1.54) is 16.4 Å². The van der Waals surface area contributed by atoms with Crippen molar-refractivity contribution in [2.45, 2.75) is 37.6 Å². The molecule has 0 aliphatic carbocycles. The number of sulfonamides is 1. The van der Waals surface area contributed by atoms with Crippen LogP contribution in [0, 0.1) is 6.92 Å². The van der Waals surface area contributed by atoms with Gasteiger partial charge >= 0.3 is 0 Å². The van der Waals surface area contributed by atoms with Crippen LogP contribution in [0.1, 0.15) is 40.9 Å². The van der Waals surface area contributed by atoms with E-state index in [9.17, 15) is 13.2 Å². The van der Waals surface area contributed by atoms with Crippen molar-refractivity contribution >= 4 is 56.6 Å². The number of carbonyl (C=O) groups is 1. The van der Waals surface area contributed by atoms with Crippen LogP contribution in [-0.4, -0.2) is 41.5 Å². The highest BCUT2D eigenvalue weighted by Gasteiger charge is 2.30. The molecule has 1 N–H and O–H groups in total. The van der Waals surface area contributed by atoms with Crippen LogP contribution < -0.4 is 5.32 Å². The Labute approximate surface area is 213 Å². The van der Waals surface area contributed by atoms with Gasteiger partial charge in [-0.3, -0.25) is 9.48 Å². The molecule has 0 bridgehead atoms. The van der Waals surface area contributed by atoms with Crippen molar-refractivity contribution in [3.05, 3.63) is 74.4 Å². The largest absolute Gasteiger partial charge is 0.305 e. The molecule has 34 heavy (non-hydrogen) atoms. The Morgan fingerprint density at radius 1 is 1.00 bits per heavy atom. The van der Waals surface area contributed by atoms with Crippen molar-refractivity contribution in [3.63, 3.8) is 0 Å². The molecular formula is C23H23Cl3N4O3S. The minimum Gasteiger partial charge on any atom is -0.305 e. The lowest BCUT2D eigenvalue weighted by Crippen LogP contribution is -2.35. The van der Waals surface area contributed by atoms with Gasteiger partial charge in [0.1, 0.15) is 4.90 Å². The van der Waals surface area contributed by atoms with Gasteiger partial charge in [-0.1, -0.05) is 53.4 Å². The van der Waals surface area contributed by atoms with E-state index in [4.69, 9.17) is 34.8 Å². The Kier molecular flexibility index (Phi) is 7.54. The van der Waals surface area contributed by atoms with Crippen LogP contribution in [0.15, 0.2) is 47.4 Å². The maximum Gasteiger partial charge on any atom is 0.258 e. The number of aromatic nitrogens is 2. The smallest absolute Gasteiger partial charge is 0.258 e. The first-order valence-electron chi connectivity index (χ1n) is 10.7. The first-order chi connectivity index (χ1) is 16.1. The molecular weight excluding hydrogens is 519 g/mol. The van der Waals surface area contributed by atoms with E-state index >= 15 is 0 Å². The molecule has 0 unspecified atom stereocenters. The Morgan fingerprint density at radius 3 is 2.35 bits per heavy atom. The van der Waals surface area contributed by atoms with Gasteiger partial charge in [0, 0.05) is 29.9 Å². The molecule has 1 aromatic heterocycles. The number of amides is 1. The summed E-state index contributed by atoms with van der Waals surface area (Å²) < 4.78 is 29.4. The number of nitrogens with one attached hydrogen (secondary N) is 1. The monoisotopic (exact) mass is 540 g/mol. The third-order valence-corrected chi connectivity index (χ3v) is 8.60. The Balaban J connectivity index is 1.56. The number of anilines is 1. The highest BCUT2D eigenvalue weighted by atomic mass is 35.5. The zero-order valence-corrected chi connectivity index (χ0v) is 21.5. The summed E-state index contributed by atoms with van der Waals surface area (Å²) >= 11 is 18.4. The van der Waals surface area contributed by atoms with Gasteiger partial charge in [-0.25, -0.2) is 8.42 Å². The molecule has 0 radical (unpaired) electrons. The Morgan fingerprint density at radius 2 is 1.68 bits per heavy atom. The molecule has 0 saturated carbocycles. The highest BCUT2D eigenvalue weighted by Crippen LogP contribution is 2.32. The van der Waals surface area contributed by atoms with E-state index in [0.29, 0.717) is 30.5 Å². The minimum atomic E-state index is -3.85. The van der Waals surface area contributed by atoms with E-state index in [-0.39, 0.29) is 20.5 Å². The highest BCUT2D eigenvalue weighted by molar-refractivity contribution is 7.89. The average molecular weight is 542 g/mol. The summed E-state index contributed by atoms with van der Waals surface area (Å²) in [6, 6.07) is 11.7. The molecule has 0 spiro atoms. The number of hydrogen-bond acceptors (Lipinski definition) is 4. The van der Waals surface area contributed by atoms with Crippen molar-refractivity contribution in [2.24, 2.45) is 0 Å². The lowest BCUT2D eigenvalue weighted by Gasteiger charge is -2.26. The summed E-state index contributed by atoms with van der Waals surface area (Å²) in [5.74, 6) is -0.254. The van der Waals surface area contributed by atoms with Gasteiger partial charge in [-0.05, 0) is 49.6 Å². The van der Waals surface area contributed by atoms with Gasteiger partial charge < -0.3 is 5.32 Å². The molecule has 1 amide bonds. The van der Waals surface area contributed by atoms with E-state index in [1.54, 1.807) is 22.9 Å². The van der Waals surface area contributed by atoms with Crippen LogP contribution in [-0.2, 0) is 16.6 Å². The fraction of sp³-hybridized carbons (Fsp3) is 0.304. The van der Waals surface area contributed by atoms with Gasteiger partial charge in [0.15, 0.2) is 5.82 Å². The number of hydrogen-bond donors (Lipinski definition) is 1. The number of rotatable bonds is 6. The molecule has 1 aliphatic rings.